The molecule has 1 aromatic heterocycles. The Morgan fingerprint density at radius 1 is 1.28 bits per heavy atom. The summed E-state index contributed by atoms with van der Waals surface area (Å²) < 4.78 is 0. The summed E-state index contributed by atoms with van der Waals surface area (Å²) >= 11 is 5.96. The van der Waals surface area contributed by atoms with Crippen LogP contribution in [-0.2, 0) is 6.54 Å². The van der Waals surface area contributed by atoms with Crippen LogP contribution in [0.4, 0.5) is 5.82 Å². The van der Waals surface area contributed by atoms with Crippen LogP contribution in [0.1, 0.15) is 15.9 Å². The normalized spacial score (nSPS) is 10.1. The zero-order valence-electron chi connectivity index (χ0n) is 9.43. The van der Waals surface area contributed by atoms with Gasteiger partial charge in [0.2, 0.25) is 0 Å². The fraction of sp³-hybridized carbons (Fsp3) is 0.0769. The van der Waals surface area contributed by atoms with Gasteiger partial charge < -0.3 is 10.4 Å². The monoisotopic (exact) mass is 262 g/mol. The van der Waals surface area contributed by atoms with Crippen LogP contribution in [0.2, 0.25) is 5.02 Å². The standard InChI is InChI=1S/C13H11ClN2O2/c14-11-10(13(17)18)6-7-15-12(11)16-8-9-4-2-1-3-5-9/h1-7H,8H2,(H,15,16)(H,17,18). The summed E-state index contributed by atoms with van der Waals surface area (Å²) in [4.78, 5) is 14.9. The maximum Gasteiger partial charge on any atom is 0.337 e. The maximum atomic E-state index is 10.9. The van der Waals surface area contributed by atoms with Gasteiger partial charge in [-0.25, -0.2) is 9.78 Å². The highest BCUT2D eigenvalue weighted by atomic mass is 35.5. The number of carbonyl (C=O) groups is 1. The van der Waals surface area contributed by atoms with E-state index >= 15 is 0 Å². The van der Waals surface area contributed by atoms with Gasteiger partial charge in [0.1, 0.15) is 5.82 Å². The summed E-state index contributed by atoms with van der Waals surface area (Å²) in [5.74, 6) is -0.689. The Bertz CT molecular complexity index is 558. The minimum absolute atomic E-state index is 0.0437. The molecule has 4 nitrogen and oxygen atoms in total. The SMILES string of the molecule is O=C(O)c1ccnc(NCc2ccccc2)c1Cl. The van der Waals surface area contributed by atoms with Crippen molar-refractivity contribution in [2.75, 3.05) is 5.32 Å². The van der Waals surface area contributed by atoms with Gasteiger partial charge in [-0.1, -0.05) is 41.9 Å². The molecule has 0 spiro atoms. The Hall–Kier alpha value is -2.07. The summed E-state index contributed by atoms with van der Waals surface area (Å²) in [6.07, 6.45) is 1.42. The van der Waals surface area contributed by atoms with Crippen molar-refractivity contribution in [1.29, 1.82) is 0 Å². The number of benzene rings is 1. The minimum atomic E-state index is -1.06. The van der Waals surface area contributed by atoms with Crippen LogP contribution < -0.4 is 5.32 Å². The molecule has 1 aromatic carbocycles. The van der Waals surface area contributed by atoms with Crippen molar-refractivity contribution in [1.82, 2.24) is 4.98 Å². The quantitative estimate of drug-likeness (QED) is 0.889. The molecule has 18 heavy (non-hydrogen) atoms. The van der Waals surface area contributed by atoms with Gasteiger partial charge in [-0.2, -0.15) is 0 Å². The molecule has 0 fully saturated rings. The predicted molar refractivity (Wildman–Crippen MR) is 70.0 cm³/mol. The van der Waals surface area contributed by atoms with E-state index in [9.17, 15) is 4.79 Å². The molecule has 2 rings (SSSR count). The average Bonchev–Trinajstić information content (AvgIpc) is 2.38. The summed E-state index contributed by atoms with van der Waals surface area (Å²) in [5, 5.41) is 12.1. The highest BCUT2D eigenvalue weighted by Gasteiger charge is 2.12. The van der Waals surface area contributed by atoms with Gasteiger partial charge in [-0.15, -0.1) is 0 Å². The number of aromatic carboxylic acids is 1. The molecule has 0 aliphatic heterocycles. The zero-order valence-corrected chi connectivity index (χ0v) is 10.2. The van der Waals surface area contributed by atoms with Gasteiger partial charge in [0.15, 0.2) is 0 Å². The number of pyridine rings is 1. The highest BCUT2D eigenvalue weighted by Crippen LogP contribution is 2.23. The van der Waals surface area contributed by atoms with Crippen LogP contribution in [0.25, 0.3) is 0 Å². The topological polar surface area (TPSA) is 62.2 Å². The number of halogens is 1. The molecule has 0 atom stereocenters. The van der Waals surface area contributed by atoms with E-state index < -0.39 is 5.97 Å². The van der Waals surface area contributed by atoms with E-state index in [0.29, 0.717) is 12.4 Å². The summed E-state index contributed by atoms with van der Waals surface area (Å²) in [5.41, 5.74) is 1.11. The second-order valence-corrected chi connectivity index (χ2v) is 4.04. The van der Waals surface area contributed by atoms with E-state index in [2.05, 4.69) is 10.3 Å². The molecule has 0 aliphatic rings. The van der Waals surface area contributed by atoms with Crippen molar-refractivity contribution >= 4 is 23.4 Å². The number of nitrogens with zero attached hydrogens (tertiary/aromatic N) is 1. The zero-order chi connectivity index (χ0) is 13.0. The molecule has 0 unspecified atom stereocenters. The van der Waals surface area contributed by atoms with Crippen molar-refractivity contribution in [3.63, 3.8) is 0 Å². The van der Waals surface area contributed by atoms with Gasteiger partial charge in [0.25, 0.3) is 0 Å². The second-order valence-electron chi connectivity index (χ2n) is 3.67. The largest absolute Gasteiger partial charge is 0.478 e. The lowest BCUT2D eigenvalue weighted by Crippen LogP contribution is -2.05. The van der Waals surface area contributed by atoms with Gasteiger partial charge >= 0.3 is 5.97 Å². The lowest BCUT2D eigenvalue weighted by molar-refractivity contribution is 0.0697. The number of hydrogen-bond acceptors (Lipinski definition) is 3. The van der Waals surface area contributed by atoms with Crippen LogP contribution in [0.3, 0.4) is 0 Å². The first-order chi connectivity index (χ1) is 8.68. The predicted octanol–water partition coefficient (Wildman–Crippen LogP) is 3.05. The number of anilines is 1. The Labute approximate surface area is 109 Å². The summed E-state index contributed by atoms with van der Waals surface area (Å²) in [7, 11) is 0. The van der Waals surface area contributed by atoms with Crippen molar-refractivity contribution in [3.8, 4) is 0 Å². The van der Waals surface area contributed by atoms with Gasteiger partial charge in [0.05, 0.1) is 10.6 Å². The number of hydrogen-bond donors (Lipinski definition) is 2. The van der Waals surface area contributed by atoms with E-state index in [4.69, 9.17) is 16.7 Å². The first kappa shape index (κ1) is 12.4. The Balaban J connectivity index is 2.15. The van der Waals surface area contributed by atoms with E-state index in [1.165, 1.54) is 12.3 Å². The van der Waals surface area contributed by atoms with Crippen LogP contribution in [-0.4, -0.2) is 16.1 Å². The van der Waals surface area contributed by atoms with Crippen LogP contribution in [0.5, 0.6) is 0 Å². The number of aromatic nitrogens is 1. The number of carboxylic acids is 1. The van der Waals surface area contributed by atoms with Crippen LogP contribution in [0.15, 0.2) is 42.6 Å². The van der Waals surface area contributed by atoms with Crippen molar-refractivity contribution in [3.05, 3.63) is 58.7 Å². The number of rotatable bonds is 4. The van der Waals surface area contributed by atoms with E-state index in [1.54, 1.807) is 0 Å². The molecule has 2 aromatic rings. The Kier molecular flexibility index (Phi) is 3.79. The molecule has 1 heterocycles. The third kappa shape index (κ3) is 2.78. The van der Waals surface area contributed by atoms with Gasteiger partial charge in [-0.3, -0.25) is 0 Å². The van der Waals surface area contributed by atoms with Crippen molar-refractivity contribution in [2.45, 2.75) is 6.54 Å². The summed E-state index contributed by atoms with van der Waals surface area (Å²) in [6.45, 7) is 0.538. The van der Waals surface area contributed by atoms with Crippen molar-refractivity contribution in [2.24, 2.45) is 0 Å². The smallest absolute Gasteiger partial charge is 0.337 e. The molecular formula is C13H11ClN2O2. The molecular weight excluding hydrogens is 252 g/mol. The molecule has 5 heteroatoms. The third-order valence-corrected chi connectivity index (χ3v) is 2.81. The lowest BCUT2D eigenvalue weighted by atomic mass is 10.2. The molecule has 92 valence electrons. The highest BCUT2D eigenvalue weighted by molar-refractivity contribution is 6.35. The molecule has 0 radical (unpaired) electrons. The fourth-order valence-corrected chi connectivity index (χ4v) is 1.77. The maximum absolute atomic E-state index is 10.9. The van der Waals surface area contributed by atoms with Gasteiger partial charge in [0, 0.05) is 12.7 Å². The third-order valence-electron chi connectivity index (χ3n) is 2.42. The molecule has 0 amide bonds. The molecule has 0 saturated heterocycles. The van der Waals surface area contributed by atoms with Crippen LogP contribution in [0, 0.1) is 0 Å². The van der Waals surface area contributed by atoms with E-state index in [-0.39, 0.29) is 10.6 Å². The molecule has 2 N–H and O–H groups in total. The number of carboxylic acid groups (broad SMARTS) is 1. The Morgan fingerprint density at radius 2 is 2.00 bits per heavy atom. The average molecular weight is 263 g/mol. The number of nitrogens with one attached hydrogen (secondary N) is 1. The first-order valence-corrected chi connectivity index (χ1v) is 5.72. The molecule has 0 aliphatic carbocycles. The molecule has 0 bridgehead atoms. The first-order valence-electron chi connectivity index (χ1n) is 5.34. The summed E-state index contributed by atoms with van der Waals surface area (Å²) in [6, 6.07) is 11.1. The van der Waals surface area contributed by atoms with Crippen molar-refractivity contribution < 1.29 is 9.90 Å². The van der Waals surface area contributed by atoms with Crippen LogP contribution >= 0.6 is 11.6 Å². The fourth-order valence-electron chi connectivity index (χ4n) is 1.51. The minimum Gasteiger partial charge on any atom is -0.478 e. The Morgan fingerprint density at radius 3 is 2.67 bits per heavy atom. The molecule has 0 saturated carbocycles. The van der Waals surface area contributed by atoms with Gasteiger partial charge in [-0.05, 0) is 11.6 Å². The lowest BCUT2D eigenvalue weighted by Gasteiger charge is -2.08. The van der Waals surface area contributed by atoms with E-state index in [0.717, 1.165) is 5.56 Å². The van der Waals surface area contributed by atoms with E-state index in [1.807, 2.05) is 30.3 Å². The second kappa shape index (κ2) is 5.51.